The molecular formula is C21H21N5O5S2. The molecule has 10 nitrogen and oxygen atoms in total. The van der Waals surface area contributed by atoms with Crippen LogP contribution < -0.4 is 5.32 Å². The number of rotatable bonds is 8. The first-order valence-corrected chi connectivity index (χ1v) is 12.4. The predicted molar refractivity (Wildman–Crippen MR) is 122 cm³/mol. The quantitative estimate of drug-likeness (QED) is 0.378. The molecule has 1 aliphatic heterocycles. The summed E-state index contributed by atoms with van der Waals surface area (Å²) in [4.78, 5) is 31.6. The fraction of sp³-hybridized carbons (Fsp3) is 0.286. The number of ether oxygens (including phenoxy) is 1. The Morgan fingerprint density at radius 1 is 1.24 bits per heavy atom. The van der Waals surface area contributed by atoms with E-state index in [0.29, 0.717) is 29.5 Å². The number of amides is 1. The number of aryl methyl sites for hydroxylation is 1. The van der Waals surface area contributed by atoms with Crippen molar-refractivity contribution in [3.05, 3.63) is 65.2 Å². The van der Waals surface area contributed by atoms with Crippen LogP contribution in [0.5, 0.6) is 0 Å². The molecule has 0 aliphatic carbocycles. The van der Waals surface area contributed by atoms with Crippen molar-refractivity contribution in [3.8, 4) is 0 Å². The van der Waals surface area contributed by atoms with Crippen molar-refractivity contribution in [2.24, 2.45) is 5.16 Å². The summed E-state index contributed by atoms with van der Waals surface area (Å²) in [6.45, 7) is 2.45. The van der Waals surface area contributed by atoms with E-state index in [1.807, 2.05) is 6.92 Å². The Morgan fingerprint density at radius 3 is 2.64 bits per heavy atom. The molecule has 12 heteroatoms. The number of anilines is 1. The van der Waals surface area contributed by atoms with E-state index in [2.05, 4.69) is 25.4 Å². The highest BCUT2D eigenvalue weighted by Crippen LogP contribution is 2.23. The average Bonchev–Trinajstić information content (AvgIpc) is 3.50. The largest absolute Gasteiger partial charge is 0.387 e. The van der Waals surface area contributed by atoms with Gasteiger partial charge in [0.25, 0.3) is 5.91 Å². The van der Waals surface area contributed by atoms with E-state index in [1.54, 1.807) is 24.7 Å². The summed E-state index contributed by atoms with van der Waals surface area (Å²) in [5, 5.41) is 6.53. The first-order chi connectivity index (χ1) is 15.9. The summed E-state index contributed by atoms with van der Waals surface area (Å²) in [5.74, 6) is -0.144. The van der Waals surface area contributed by atoms with Crippen molar-refractivity contribution in [2.45, 2.75) is 30.1 Å². The number of hydrogen-bond donors (Lipinski definition) is 1. The van der Waals surface area contributed by atoms with E-state index in [9.17, 15) is 13.2 Å². The van der Waals surface area contributed by atoms with Crippen LogP contribution >= 0.6 is 11.3 Å². The van der Waals surface area contributed by atoms with Crippen molar-refractivity contribution in [2.75, 3.05) is 18.5 Å². The highest BCUT2D eigenvalue weighted by Gasteiger charge is 2.31. The van der Waals surface area contributed by atoms with Crippen LogP contribution in [0.3, 0.4) is 0 Å². The van der Waals surface area contributed by atoms with Gasteiger partial charge in [-0.1, -0.05) is 17.3 Å². The fourth-order valence-corrected chi connectivity index (χ4v) is 5.35. The number of hydrogen-bond acceptors (Lipinski definition) is 10. The summed E-state index contributed by atoms with van der Waals surface area (Å²) < 4.78 is 30.8. The van der Waals surface area contributed by atoms with Gasteiger partial charge in [-0.2, -0.15) is 0 Å². The lowest BCUT2D eigenvalue weighted by Gasteiger charge is -2.11. The first kappa shape index (κ1) is 23.0. The number of aromatic nitrogens is 3. The van der Waals surface area contributed by atoms with Gasteiger partial charge in [-0.25, -0.2) is 23.4 Å². The smallest absolute Gasteiger partial charge is 0.280 e. The number of benzene rings is 1. The monoisotopic (exact) mass is 487 g/mol. The molecule has 1 atom stereocenters. The number of sulfone groups is 1. The van der Waals surface area contributed by atoms with Gasteiger partial charge in [0.15, 0.2) is 33.1 Å². The van der Waals surface area contributed by atoms with Crippen molar-refractivity contribution < 1.29 is 22.8 Å². The standard InChI is InChI=1S/C21H21N5O5S2/c1-14-11-24-21(32-14)25-20(27)19(26-31-13-18-22-8-2-9-23-18)15-3-5-16(6-4-15)33(28,29)17-7-10-30-12-17/h2-6,8-9,11,17H,7,10,12-13H2,1H3,(H,24,25,27)/b26-19+/t17-/m0/s1. The van der Waals surface area contributed by atoms with E-state index in [-0.39, 0.29) is 23.8 Å². The lowest BCUT2D eigenvalue weighted by molar-refractivity contribution is -0.110. The average molecular weight is 488 g/mol. The summed E-state index contributed by atoms with van der Waals surface area (Å²) >= 11 is 1.32. The molecular weight excluding hydrogens is 466 g/mol. The molecule has 0 saturated carbocycles. The zero-order valence-electron chi connectivity index (χ0n) is 17.7. The SMILES string of the molecule is Cc1cnc(NC(=O)/C(=N/OCc2ncccn2)c2ccc(S(=O)(=O)[C@H]3CCOC3)cc2)s1. The Kier molecular flexibility index (Phi) is 7.06. The van der Waals surface area contributed by atoms with Crippen molar-refractivity contribution >= 4 is 37.9 Å². The molecule has 1 amide bonds. The van der Waals surface area contributed by atoms with Crippen LogP contribution in [0.1, 0.15) is 22.7 Å². The summed E-state index contributed by atoms with van der Waals surface area (Å²) in [5.41, 5.74) is 0.350. The molecule has 1 N–H and O–H groups in total. The Hall–Kier alpha value is -3.22. The van der Waals surface area contributed by atoms with E-state index < -0.39 is 21.0 Å². The van der Waals surface area contributed by atoms with Crippen LogP contribution in [0.4, 0.5) is 5.13 Å². The van der Waals surface area contributed by atoms with Gasteiger partial charge in [-0.05, 0) is 31.5 Å². The van der Waals surface area contributed by atoms with Gasteiger partial charge >= 0.3 is 0 Å². The molecule has 172 valence electrons. The highest BCUT2D eigenvalue weighted by molar-refractivity contribution is 7.92. The summed E-state index contributed by atoms with van der Waals surface area (Å²) in [6, 6.07) is 7.64. The molecule has 0 radical (unpaired) electrons. The fourth-order valence-electron chi connectivity index (χ4n) is 3.11. The van der Waals surface area contributed by atoms with Crippen LogP contribution in [-0.2, 0) is 30.8 Å². The molecule has 33 heavy (non-hydrogen) atoms. The Balaban J connectivity index is 1.57. The highest BCUT2D eigenvalue weighted by atomic mass is 32.2. The second kappa shape index (κ2) is 10.1. The molecule has 0 unspecified atom stereocenters. The Labute approximate surface area is 194 Å². The van der Waals surface area contributed by atoms with Crippen LogP contribution in [0, 0.1) is 6.92 Å². The molecule has 1 saturated heterocycles. The minimum absolute atomic E-state index is 0.0352. The first-order valence-electron chi connectivity index (χ1n) is 10.0. The number of carbonyl (C=O) groups excluding carboxylic acids is 1. The Morgan fingerprint density at radius 2 is 2.00 bits per heavy atom. The van der Waals surface area contributed by atoms with Gasteiger partial charge in [-0.15, -0.1) is 11.3 Å². The third kappa shape index (κ3) is 5.59. The van der Waals surface area contributed by atoms with Gasteiger partial charge in [0.2, 0.25) is 0 Å². The zero-order valence-corrected chi connectivity index (χ0v) is 19.3. The summed E-state index contributed by atoms with van der Waals surface area (Å²) in [6.07, 6.45) is 5.25. The molecule has 1 aromatic carbocycles. The van der Waals surface area contributed by atoms with Crippen molar-refractivity contribution in [3.63, 3.8) is 0 Å². The van der Waals surface area contributed by atoms with Gasteiger partial charge < -0.3 is 9.57 Å². The lowest BCUT2D eigenvalue weighted by atomic mass is 10.1. The minimum atomic E-state index is -3.52. The maximum absolute atomic E-state index is 12.9. The topological polar surface area (TPSA) is 133 Å². The number of thiazole rings is 1. The second-order valence-corrected chi connectivity index (χ2v) is 10.6. The van der Waals surface area contributed by atoms with Crippen LogP contribution in [0.25, 0.3) is 0 Å². The molecule has 2 aromatic heterocycles. The van der Waals surface area contributed by atoms with E-state index >= 15 is 0 Å². The molecule has 1 aliphatic rings. The second-order valence-electron chi connectivity index (χ2n) is 7.16. The maximum Gasteiger partial charge on any atom is 0.280 e. The third-order valence-electron chi connectivity index (χ3n) is 4.81. The molecule has 4 rings (SSSR count). The number of nitrogens with zero attached hydrogens (tertiary/aromatic N) is 4. The van der Waals surface area contributed by atoms with Crippen LogP contribution in [0.2, 0.25) is 0 Å². The van der Waals surface area contributed by atoms with Gasteiger partial charge in [0, 0.05) is 35.6 Å². The van der Waals surface area contributed by atoms with Gasteiger partial charge in [-0.3, -0.25) is 10.1 Å². The van der Waals surface area contributed by atoms with Gasteiger partial charge in [0.1, 0.15) is 0 Å². The minimum Gasteiger partial charge on any atom is -0.387 e. The third-order valence-corrected chi connectivity index (χ3v) is 7.82. The summed E-state index contributed by atoms with van der Waals surface area (Å²) in [7, 11) is -3.52. The maximum atomic E-state index is 12.9. The van der Waals surface area contributed by atoms with Crippen LogP contribution in [-0.4, -0.2) is 53.5 Å². The van der Waals surface area contributed by atoms with Crippen molar-refractivity contribution in [1.82, 2.24) is 15.0 Å². The van der Waals surface area contributed by atoms with E-state index in [4.69, 9.17) is 9.57 Å². The van der Waals surface area contributed by atoms with Crippen molar-refractivity contribution in [1.29, 1.82) is 0 Å². The lowest BCUT2D eigenvalue weighted by Crippen LogP contribution is -2.25. The molecule has 0 spiro atoms. The number of nitrogens with one attached hydrogen (secondary N) is 1. The molecule has 3 heterocycles. The van der Waals surface area contributed by atoms with Crippen LogP contribution in [0.15, 0.2) is 59.0 Å². The number of oxime groups is 1. The van der Waals surface area contributed by atoms with Gasteiger partial charge in [0.05, 0.1) is 16.8 Å². The zero-order chi connectivity index (χ0) is 23.3. The number of carbonyl (C=O) groups is 1. The molecule has 1 fully saturated rings. The molecule has 3 aromatic rings. The Bertz CT molecular complexity index is 1240. The molecule has 0 bridgehead atoms. The normalized spacial score (nSPS) is 16.5. The van der Waals surface area contributed by atoms with E-state index in [0.717, 1.165) is 4.88 Å². The van der Waals surface area contributed by atoms with E-state index in [1.165, 1.54) is 35.6 Å². The predicted octanol–water partition coefficient (Wildman–Crippen LogP) is 2.36.